The van der Waals surface area contributed by atoms with Crippen LogP contribution >= 0.6 is 11.3 Å². The van der Waals surface area contributed by atoms with Crippen molar-refractivity contribution in [3.63, 3.8) is 0 Å². The summed E-state index contributed by atoms with van der Waals surface area (Å²) in [5.41, 5.74) is 8.13. The normalized spacial score (nSPS) is 27.8. The topological polar surface area (TPSA) is 35.2 Å². The number of aryl methyl sites for hydroxylation is 2. The minimum atomic E-state index is 0.182. The van der Waals surface area contributed by atoms with Crippen LogP contribution in [0.5, 0.6) is 0 Å². The summed E-state index contributed by atoms with van der Waals surface area (Å²) in [6, 6.07) is 2.50. The molecule has 0 amide bonds. The Kier molecular flexibility index (Phi) is 3.71. The molecule has 2 fully saturated rings. The van der Waals surface area contributed by atoms with Crippen LogP contribution in [0.2, 0.25) is 0 Å². The quantitative estimate of drug-likeness (QED) is 0.884. The number of rotatable bonds is 2. The van der Waals surface area contributed by atoms with Gasteiger partial charge in [0.2, 0.25) is 0 Å². The van der Waals surface area contributed by atoms with Crippen LogP contribution in [0.3, 0.4) is 0 Å². The molecule has 1 aliphatic carbocycles. The van der Waals surface area contributed by atoms with Crippen molar-refractivity contribution in [2.24, 2.45) is 11.7 Å². The molecular weight excluding hydrogens is 254 g/mol. The number of thiophene rings is 1. The van der Waals surface area contributed by atoms with E-state index in [-0.39, 0.29) is 11.6 Å². The van der Waals surface area contributed by atoms with Crippen LogP contribution in [0.25, 0.3) is 0 Å². The molecule has 106 valence electrons. The molecule has 2 nitrogen and oxygen atoms in total. The van der Waals surface area contributed by atoms with Crippen LogP contribution in [-0.2, 0) is 4.74 Å². The van der Waals surface area contributed by atoms with Crippen LogP contribution in [0.15, 0.2) is 6.07 Å². The molecule has 0 bridgehead atoms. The second-order valence-electron chi connectivity index (χ2n) is 6.41. The molecule has 1 aromatic heterocycles. The highest BCUT2D eigenvalue weighted by Crippen LogP contribution is 2.45. The maximum Gasteiger partial charge on any atom is 0.0686 e. The summed E-state index contributed by atoms with van der Waals surface area (Å²) in [4.78, 5) is 2.78. The first-order valence-electron chi connectivity index (χ1n) is 7.56. The van der Waals surface area contributed by atoms with Crippen LogP contribution in [-0.4, -0.2) is 12.2 Å². The van der Waals surface area contributed by atoms with Crippen LogP contribution in [0.1, 0.15) is 59.9 Å². The van der Waals surface area contributed by atoms with Crippen molar-refractivity contribution in [1.29, 1.82) is 0 Å². The Morgan fingerprint density at radius 2 is 2.11 bits per heavy atom. The molecule has 2 heterocycles. The number of hydrogen-bond acceptors (Lipinski definition) is 3. The average molecular weight is 279 g/mol. The largest absolute Gasteiger partial charge is 0.375 e. The Morgan fingerprint density at radius 3 is 2.74 bits per heavy atom. The van der Waals surface area contributed by atoms with E-state index in [1.807, 2.05) is 11.3 Å². The van der Waals surface area contributed by atoms with Crippen molar-refractivity contribution >= 4 is 11.3 Å². The second-order valence-corrected chi connectivity index (χ2v) is 7.69. The molecule has 3 rings (SSSR count). The van der Waals surface area contributed by atoms with E-state index in [4.69, 9.17) is 10.5 Å². The standard InChI is InChI=1S/C16H25NOS/c1-11-9-14(19-12(11)2)15(17)13-5-8-18-16(10-13)6-3-4-7-16/h9,13,15H,3-8,10,17H2,1-2H3. The van der Waals surface area contributed by atoms with Gasteiger partial charge < -0.3 is 10.5 Å². The number of hydrogen-bond donors (Lipinski definition) is 1. The van der Waals surface area contributed by atoms with Gasteiger partial charge in [0.05, 0.1) is 5.60 Å². The minimum Gasteiger partial charge on any atom is -0.375 e. The van der Waals surface area contributed by atoms with E-state index < -0.39 is 0 Å². The first-order chi connectivity index (χ1) is 9.10. The molecule has 2 atom stereocenters. The first kappa shape index (κ1) is 13.6. The summed E-state index contributed by atoms with van der Waals surface area (Å²) in [7, 11) is 0. The maximum atomic E-state index is 6.56. The lowest BCUT2D eigenvalue weighted by molar-refractivity contribution is -0.0962. The van der Waals surface area contributed by atoms with Gasteiger partial charge in [-0.15, -0.1) is 11.3 Å². The van der Waals surface area contributed by atoms with Crippen molar-refractivity contribution < 1.29 is 4.74 Å². The minimum absolute atomic E-state index is 0.182. The fourth-order valence-electron chi connectivity index (χ4n) is 3.74. The Balaban J connectivity index is 1.74. The number of nitrogens with two attached hydrogens (primary N) is 1. The van der Waals surface area contributed by atoms with E-state index in [9.17, 15) is 0 Å². The van der Waals surface area contributed by atoms with E-state index in [1.165, 1.54) is 47.4 Å². The smallest absolute Gasteiger partial charge is 0.0686 e. The van der Waals surface area contributed by atoms with Gasteiger partial charge >= 0.3 is 0 Å². The Labute approximate surface area is 120 Å². The fourth-order valence-corrected chi connectivity index (χ4v) is 4.88. The van der Waals surface area contributed by atoms with Crippen LogP contribution < -0.4 is 5.73 Å². The second kappa shape index (κ2) is 5.19. The molecular formula is C16H25NOS. The molecule has 1 saturated heterocycles. The fraction of sp³-hybridized carbons (Fsp3) is 0.750. The van der Waals surface area contributed by atoms with Gasteiger partial charge in [0.1, 0.15) is 0 Å². The highest BCUT2D eigenvalue weighted by molar-refractivity contribution is 7.12. The van der Waals surface area contributed by atoms with Gasteiger partial charge in [-0.25, -0.2) is 0 Å². The third kappa shape index (κ3) is 2.61. The van der Waals surface area contributed by atoms with Gasteiger partial charge in [-0.3, -0.25) is 0 Å². The summed E-state index contributed by atoms with van der Waals surface area (Å²) in [5, 5.41) is 0. The van der Waals surface area contributed by atoms with Gasteiger partial charge in [-0.2, -0.15) is 0 Å². The third-order valence-corrected chi connectivity index (χ3v) is 6.32. The maximum absolute atomic E-state index is 6.56. The Morgan fingerprint density at radius 1 is 1.37 bits per heavy atom. The Hall–Kier alpha value is -0.380. The van der Waals surface area contributed by atoms with E-state index in [1.54, 1.807) is 0 Å². The van der Waals surface area contributed by atoms with Crippen molar-refractivity contribution in [3.8, 4) is 0 Å². The van der Waals surface area contributed by atoms with Gasteiger partial charge in [-0.05, 0) is 57.1 Å². The monoisotopic (exact) mass is 279 g/mol. The molecule has 1 spiro atoms. The SMILES string of the molecule is Cc1cc(C(N)C2CCOC3(CCCC3)C2)sc1C. The molecule has 1 saturated carbocycles. The molecule has 19 heavy (non-hydrogen) atoms. The van der Waals surface area contributed by atoms with Gasteiger partial charge in [0.25, 0.3) is 0 Å². The van der Waals surface area contributed by atoms with E-state index >= 15 is 0 Å². The lowest BCUT2D eigenvalue weighted by Gasteiger charge is -2.40. The molecule has 1 aromatic rings. The zero-order chi connectivity index (χ0) is 13.5. The van der Waals surface area contributed by atoms with Gasteiger partial charge in [0, 0.05) is 22.4 Å². The first-order valence-corrected chi connectivity index (χ1v) is 8.38. The molecule has 0 aromatic carbocycles. The zero-order valence-electron chi connectivity index (χ0n) is 12.1. The van der Waals surface area contributed by atoms with Crippen molar-refractivity contribution in [2.75, 3.05) is 6.61 Å². The summed E-state index contributed by atoms with van der Waals surface area (Å²) in [6.07, 6.45) is 7.46. The molecule has 1 aliphatic heterocycles. The highest BCUT2D eigenvalue weighted by atomic mass is 32.1. The molecule has 2 N–H and O–H groups in total. The van der Waals surface area contributed by atoms with Crippen molar-refractivity contribution in [1.82, 2.24) is 0 Å². The Bertz CT molecular complexity index is 428. The molecule has 3 heteroatoms. The van der Waals surface area contributed by atoms with E-state index in [2.05, 4.69) is 19.9 Å². The predicted octanol–water partition coefficient (Wildman–Crippen LogP) is 4.10. The highest BCUT2D eigenvalue weighted by Gasteiger charge is 2.41. The van der Waals surface area contributed by atoms with E-state index in [0.29, 0.717) is 5.92 Å². The average Bonchev–Trinajstić information content (AvgIpc) is 2.97. The lowest BCUT2D eigenvalue weighted by atomic mass is 9.80. The van der Waals surface area contributed by atoms with Gasteiger partial charge in [-0.1, -0.05) is 12.8 Å². The third-order valence-electron chi connectivity index (χ3n) is 5.07. The predicted molar refractivity (Wildman–Crippen MR) is 80.6 cm³/mol. The summed E-state index contributed by atoms with van der Waals surface area (Å²) >= 11 is 1.88. The molecule has 2 unspecified atom stereocenters. The van der Waals surface area contributed by atoms with Crippen LogP contribution in [0, 0.1) is 19.8 Å². The number of ether oxygens (including phenoxy) is 1. The van der Waals surface area contributed by atoms with Crippen LogP contribution in [0.4, 0.5) is 0 Å². The van der Waals surface area contributed by atoms with E-state index in [0.717, 1.165) is 13.0 Å². The van der Waals surface area contributed by atoms with Gasteiger partial charge in [0.15, 0.2) is 0 Å². The summed E-state index contributed by atoms with van der Waals surface area (Å²) < 4.78 is 6.12. The summed E-state index contributed by atoms with van der Waals surface area (Å²) in [6.45, 7) is 5.28. The zero-order valence-corrected chi connectivity index (χ0v) is 12.9. The molecule has 2 aliphatic rings. The molecule has 0 radical (unpaired) electrons. The van der Waals surface area contributed by atoms with Crippen molar-refractivity contribution in [3.05, 3.63) is 21.4 Å². The lowest BCUT2D eigenvalue weighted by Crippen LogP contribution is -2.40. The van der Waals surface area contributed by atoms with Crippen molar-refractivity contribution in [2.45, 2.75) is 64.0 Å². The summed E-state index contributed by atoms with van der Waals surface area (Å²) in [5.74, 6) is 0.601.